The minimum absolute atomic E-state index is 0.189. The maximum Gasteiger partial charge on any atom is 0.142 e. The van der Waals surface area contributed by atoms with Gasteiger partial charge in [-0.3, -0.25) is 0 Å². The SMILES string of the molecule is CCCC(N)c1cc(F)c(Cl)cc1F. The molecular weight excluding hydrogens is 208 g/mol. The van der Waals surface area contributed by atoms with Gasteiger partial charge in [-0.05, 0) is 18.6 Å². The molecule has 0 aromatic heterocycles. The van der Waals surface area contributed by atoms with Crippen LogP contribution in [0.3, 0.4) is 0 Å². The van der Waals surface area contributed by atoms with Crippen molar-refractivity contribution in [2.24, 2.45) is 5.73 Å². The molecule has 4 heteroatoms. The summed E-state index contributed by atoms with van der Waals surface area (Å²) in [6.45, 7) is 1.93. The molecule has 1 aromatic rings. The molecule has 0 radical (unpaired) electrons. The molecule has 0 aliphatic heterocycles. The van der Waals surface area contributed by atoms with Crippen molar-refractivity contribution >= 4 is 11.6 Å². The lowest BCUT2D eigenvalue weighted by Gasteiger charge is -2.12. The number of benzene rings is 1. The van der Waals surface area contributed by atoms with Gasteiger partial charge in [0.2, 0.25) is 0 Å². The van der Waals surface area contributed by atoms with Crippen LogP contribution in [0.4, 0.5) is 8.78 Å². The molecule has 14 heavy (non-hydrogen) atoms. The zero-order valence-electron chi connectivity index (χ0n) is 7.86. The molecular formula is C10H12ClF2N. The van der Waals surface area contributed by atoms with Crippen LogP contribution in [0.1, 0.15) is 31.4 Å². The molecule has 1 aromatic carbocycles. The second-order valence-electron chi connectivity index (χ2n) is 3.18. The monoisotopic (exact) mass is 219 g/mol. The summed E-state index contributed by atoms with van der Waals surface area (Å²) < 4.78 is 26.3. The van der Waals surface area contributed by atoms with Gasteiger partial charge in [-0.15, -0.1) is 0 Å². The van der Waals surface area contributed by atoms with Crippen molar-refractivity contribution in [1.82, 2.24) is 0 Å². The largest absolute Gasteiger partial charge is 0.324 e. The highest BCUT2D eigenvalue weighted by Gasteiger charge is 2.13. The van der Waals surface area contributed by atoms with E-state index in [1.807, 2.05) is 6.92 Å². The zero-order chi connectivity index (χ0) is 10.7. The van der Waals surface area contributed by atoms with Crippen molar-refractivity contribution in [3.63, 3.8) is 0 Å². The fourth-order valence-electron chi connectivity index (χ4n) is 1.29. The number of hydrogen-bond acceptors (Lipinski definition) is 1. The third-order valence-corrected chi connectivity index (χ3v) is 2.33. The fraction of sp³-hybridized carbons (Fsp3) is 0.400. The molecule has 0 amide bonds. The van der Waals surface area contributed by atoms with Gasteiger partial charge in [0.15, 0.2) is 0 Å². The lowest BCUT2D eigenvalue weighted by atomic mass is 10.0. The molecule has 0 aliphatic rings. The molecule has 0 aliphatic carbocycles. The van der Waals surface area contributed by atoms with Crippen LogP contribution in [0.5, 0.6) is 0 Å². The van der Waals surface area contributed by atoms with Crippen LogP contribution in [0.15, 0.2) is 12.1 Å². The Hall–Kier alpha value is -0.670. The molecule has 1 nitrogen and oxygen atoms in total. The summed E-state index contributed by atoms with van der Waals surface area (Å²) in [4.78, 5) is 0. The van der Waals surface area contributed by atoms with Crippen LogP contribution in [0.2, 0.25) is 5.02 Å². The molecule has 1 rings (SSSR count). The molecule has 78 valence electrons. The Morgan fingerprint density at radius 3 is 2.57 bits per heavy atom. The Bertz CT molecular complexity index is 328. The van der Waals surface area contributed by atoms with E-state index in [9.17, 15) is 8.78 Å². The predicted octanol–water partition coefficient (Wildman–Crippen LogP) is 3.42. The minimum atomic E-state index is -0.630. The van der Waals surface area contributed by atoms with Gasteiger partial charge in [0.1, 0.15) is 11.6 Å². The Labute approximate surface area is 86.9 Å². The highest BCUT2D eigenvalue weighted by atomic mass is 35.5. The minimum Gasteiger partial charge on any atom is -0.324 e. The van der Waals surface area contributed by atoms with Crippen LogP contribution >= 0.6 is 11.6 Å². The first-order valence-electron chi connectivity index (χ1n) is 4.46. The third-order valence-electron chi connectivity index (χ3n) is 2.04. The Kier molecular flexibility index (Phi) is 3.84. The Balaban J connectivity index is 3.02. The van der Waals surface area contributed by atoms with Gasteiger partial charge >= 0.3 is 0 Å². The first-order valence-corrected chi connectivity index (χ1v) is 4.84. The lowest BCUT2D eigenvalue weighted by Crippen LogP contribution is -2.12. The number of halogens is 3. The maximum absolute atomic E-state index is 13.3. The van der Waals surface area contributed by atoms with Crippen LogP contribution in [-0.2, 0) is 0 Å². The normalized spacial score (nSPS) is 12.9. The summed E-state index contributed by atoms with van der Waals surface area (Å²) in [7, 11) is 0. The van der Waals surface area contributed by atoms with Gasteiger partial charge in [-0.25, -0.2) is 8.78 Å². The van der Waals surface area contributed by atoms with Gasteiger partial charge in [-0.2, -0.15) is 0 Å². The average Bonchev–Trinajstić information content (AvgIpc) is 2.11. The predicted molar refractivity (Wildman–Crippen MR) is 53.2 cm³/mol. The lowest BCUT2D eigenvalue weighted by molar-refractivity contribution is 0.545. The summed E-state index contributed by atoms with van der Waals surface area (Å²) in [5.41, 5.74) is 5.86. The van der Waals surface area contributed by atoms with E-state index >= 15 is 0 Å². The van der Waals surface area contributed by atoms with Gasteiger partial charge in [0.05, 0.1) is 5.02 Å². The van der Waals surface area contributed by atoms with E-state index in [1.165, 1.54) is 0 Å². The van der Waals surface area contributed by atoms with Crippen LogP contribution < -0.4 is 5.73 Å². The molecule has 1 unspecified atom stereocenters. The summed E-state index contributed by atoms with van der Waals surface area (Å²) in [5.74, 6) is -1.17. The van der Waals surface area contributed by atoms with Crippen molar-refractivity contribution in [3.05, 3.63) is 34.4 Å². The van der Waals surface area contributed by atoms with Gasteiger partial charge in [0.25, 0.3) is 0 Å². The van der Waals surface area contributed by atoms with E-state index in [-0.39, 0.29) is 10.6 Å². The molecule has 2 N–H and O–H groups in total. The molecule has 1 atom stereocenters. The van der Waals surface area contributed by atoms with Crippen LogP contribution in [-0.4, -0.2) is 0 Å². The van der Waals surface area contributed by atoms with E-state index < -0.39 is 17.7 Å². The molecule has 0 spiro atoms. The van der Waals surface area contributed by atoms with E-state index in [0.717, 1.165) is 18.6 Å². The highest BCUT2D eigenvalue weighted by molar-refractivity contribution is 6.30. The number of nitrogens with two attached hydrogens (primary N) is 1. The third kappa shape index (κ3) is 2.42. The van der Waals surface area contributed by atoms with E-state index in [1.54, 1.807) is 0 Å². The summed E-state index contributed by atoms with van der Waals surface area (Å²) in [6, 6.07) is 1.56. The topological polar surface area (TPSA) is 26.0 Å². The fourth-order valence-corrected chi connectivity index (χ4v) is 1.44. The van der Waals surface area contributed by atoms with Gasteiger partial charge in [-0.1, -0.05) is 24.9 Å². The van der Waals surface area contributed by atoms with Crippen molar-refractivity contribution in [1.29, 1.82) is 0 Å². The number of hydrogen-bond donors (Lipinski definition) is 1. The summed E-state index contributed by atoms with van der Waals surface area (Å²) in [6.07, 6.45) is 1.45. The van der Waals surface area contributed by atoms with Crippen LogP contribution in [0, 0.1) is 11.6 Å². The van der Waals surface area contributed by atoms with E-state index in [2.05, 4.69) is 0 Å². The number of rotatable bonds is 3. The standard InChI is InChI=1S/C10H12ClF2N/c1-2-3-10(14)6-4-9(13)7(11)5-8(6)12/h4-5,10H,2-3,14H2,1H3. The first-order chi connectivity index (χ1) is 6.56. The van der Waals surface area contributed by atoms with E-state index in [4.69, 9.17) is 17.3 Å². The van der Waals surface area contributed by atoms with Crippen molar-refractivity contribution in [3.8, 4) is 0 Å². The quantitative estimate of drug-likeness (QED) is 0.775. The molecule has 0 fully saturated rings. The van der Waals surface area contributed by atoms with Crippen molar-refractivity contribution in [2.75, 3.05) is 0 Å². The second kappa shape index (κ2) is 4.71. The summed E-state index contributed by atoms with van der Waals surface area (Å²) >= 11 is 5.41. The summed E-state index contributed by atoms with van der Waals surface area (Å²) in [5, 5.41) is -0.213. The molecule has 0 heterocycles. The molecule has 0 saturated carbocycles. The van der Waals surface area contributed by atoms with Gasteiger partial charge in [0, 0.05) is 11.6 Å². The highest BCUT2D eigenvalue weighted by Crippen LogP contribution is 2.24. The molecule has 0 saturated heterocycles. The Morgan fingerprint density at radius 2 is 2.00 bits per heavy atom. The van der Waals surface area contributed by atoms with Crippen molar-refractivity contribution < 1.29 is 8.78 Å². The smallest absolute Gasteiger partial charge is 0.142 e. The Morgan fingerprint density at radius 1 is 1.36 bits per heavy atom. The first kappa shape index (κ1) is 11.4. The van der Waals surface area contributed by atoms with Crippen molar-refractivity contribution in [2.45, 2.75) is 25.8 Å². The maximum atomic E-state index is 13.3. The second-order valence-corrected chi connectivity index (χ2v) is 3.59. The average molecular weight is 220 g/mol. The zero-order valence-corrected chi connectivity index (χ0v) is 8.61. The van der Waals surface area contributed by atoms with Gasteiger partial charge < -0.3 is 5.73 Å². The van der Waals surface area contributed by atoms with Crippen LogP contribution in [0.25, 0.3) is 0 Å². The molecule has 0 bridgehead atoms. The van der Waals surface area contributed by atoms with E-state index in [0.29, 0.717) is 6.42 Å².